The highest BCUT2D eigenvalue weighted by molar-refractivity contribution is 5.34. The molecule has 0 amide bonds. The van der Waals surface area contributed by atoms with Crippen LogP contribution in [-0.2, 0) is 12.8 Å². The summed E-state index contributed by atoms with van der Waals surface area (Å²) >= 11 is 0. The molecule has 1 nitrogen and oxygen atoms in total. The van der Waals surface area contributed by atoms with Crippen molar-refractivity contribution in [2.75, 3.05) is 0 Å². The van der Waals surface area contributed by atoms with Gasteiger partial charge in [0.25, 0.3) is 0 Å². The average Bonchev–Trinajstić information content (AvgIpc) is 2.37. The van der Waals surface area contributed by atoms with Gasteiger partial charge in [-0.3, -0.25) is 0 Å². The largest absolute Gasteiger partial charge is 0.324 e. The molecule has 1 aromatic rings. The predicted octanol–water partition coefficient (Wildman–Crippen LogP) is 4.25. The van der Waals surface area contributed by atoms with Crippen molar-refractivity contribution in [3.63, 3.8) is 0 Å². The highest BCUT2D eigenvalue weighted by Gasteiger charge is 2.13. The molecule has 0 bridgehead atoms. The van der Waals surface area contributed by atoms with Gasteiger partial charge in [0.1, 0.15) is 0 Å². The molecule has 0 aromatic heterocycles. The first kappa shape index (κ1) is 14.2. The van der Waals surface area contributed by atoms with Gasteiger partial charge >= 0.3 is 0 Å². The number of rotatable bonds is 6. The highest BCUT2D eigenvalue weighted by Crippen LogP contribution is 2.25. The minimum atomic E-state index is 0.200. The Morgan fingerprint density at radius 1 is 1.12 bits per heavy atom. The van der Waals surface area contributed by atoms with E-state index in [1.54, 1.807) is 0 Å². The zero-order valence-electron chi connectivity index (χ0n) is 11.8. The van der Waals surface area contributed by atoms with Crippen molar-refractivity contribution in [2.45, 2.75) is 59.4 Å². The molecule has 0 saturated carbocycles. The van der Waals surface area contributed by atoms with Gasteiger partial charge < -0.3 is 5.73 Å². The van der Waals surface area contributed by atoms with E-state index in [4.69, 9.17) is 5.73 Å². The second kappa shape index (κ2) is 6.80. The standard InChI is InChI=1S/C16H27N/c1-5-12(4)10-16(17)15-11-13(6-2)8-9-14(15)7-3/h8-9,11-12,16H,5-7,10,17H2,1-4H3. The Kier molecular flexibility index (Phi) is 5.70. The van der Waals surface area contributed by atoms with Crippen LogP contribution in [0.2, 0.25) is 0 Å². The van der Waals surface area contributed by atoms with Crippen molar-refractivity contribution in [1.29, 1.82) is 0 Å². The zero-order chi connectivity index (χ0) is 12.8. The topological polar surface area (TPSA) is 26.0 Å². The number of aryl methyl sites for hydroxylation is 2. The second-order valence-electron chi connectivity index (χ2n) is 5.10. The molecular weight excluding hydrogens is 206 g/mol. The van der Waals surface area contributed by atoms with Gasteiger partial charge in [0.2, 0.25) is 0 Å². The van der Waals surface area contributed by atoms with Crippen LogP contribution >= 0.6 is 0 Å². The van der Waals surface area contributed by atoms with Crippen LogP contribution in [-0.4, -0.2) is 0 Å². The molecule has 0 heterocycles. The number of hydrogen-bond donors (Lipinski definition) is 1. The molecule has 96 valence electrons. The highest BCUT2D eigenvalue weighted by atomic mass is 14.6. The van der Waals surface area contributed by atoms with Crippen LogP contribution in [0.3, 0.4) is 0 Å². The van der Waals surface area contributed by atoms with Crippen LogP contribution in [0.15, 0.2) is 18.2 Å². The summed E-state index contributed by atoms with van der Waals surface area (Å²) in [5.41, 5.74) is 10.6. The fourth-order valence-corrected chi connectivity index (χ4v) is 2.26. The maximum atomic E-state index is 6.37. The lowest BCUT2D eigenvalue weighted by Crippen LogP contribution is -2.16. The first-order valence-corrected chi connectivity index (χ1v) is 6.99. The lowest BCUT2D eigenvalue weighted by Gasteiger charge is -2.20. The molecule has 2 atom stereocenters. The van der Waals surface area contributed by atoms with Crippen molar-refractivity contribution < 1.29 is 0 Å². The molecule has 0 aliphatic heterocycles. The molecule has 0 radical (unpaired) electrons. The fraction of sp³-hybridized carbons (Fsp3) is 0.625. The Morgan fingerprint density at radius 2 is 1.82 bits per heavy atom. The molecule has 1 rings (SSSR count). The molecule has 2 N–H and O–H groups in total. The van der Waals surface area contributed by atoms with Crippen molar-refractivity contribution >= 4 is 0 Å². The summed E-state index contributed by atoms with van der Waals surface area (Å²) < 4.78 is 0. The van der Waals surface area contributed by atoms with E-state index < -0.39 is 0 Å². The molecule has 0 aliphatic rings. The van der Waals surface area contributed by atoms with Crippen molar-refractivity contribution in [2.24, 2.45) is 11.7 Å². The summed E-state index contributed by atoms with van der Waals surface area (Å²) in [7, 11) is 0. The molecule has 0 fully saturated rings. The Hall–Kier alpha value is -0.820. The van der Waals surface area contributed by atoms with Gasteiger partial charge in [-0.1, -0.05) is 52.3 Å². The summed E-state index contributed by atoms with van der Waals surface area (Å²) in [6.45, 7) is 8.93. The molecule has 0 saturated heterocycles. The van der Waals surface area contributed by atoms with E-state index in [9.17, 15) is 0 Å². The molecule has 1 aromatic carbocycles. The third-order valence-electron chi connectivity index (χ3n) is 3.75. The summed E-state index contributed by atoms with van der Waals surface area (Å²) in [4.78, 5) is 0. The average molecular weight is 233 g/mol. The number of hydrogen-bond acceptors (Lipinski definition) is 1. The van der Waals surface area contributed by atoms with Crippen molar-refractivity contribution in [3.05, 3.63) is 34.9 Å². The monoisotopic (exact) mass is 233 g/mol. The molecule has 1 heteroatoms. The zero-order valence-corrected chi connectivity index (χ0v) is 11.8. The van der Waals surface area contributed by atoms with E-state index in [0.717, 1.165) is 19.3 Å². The summed E-state index contributed by atoms with van der Waals surface area (Å²) in [5.74, 6) is 0.708. The van der Waals surface area contributed by atoms with Crippen LogP contribution in [0.25, 0.3) is 0 Å². The number of nitrogens with two attached hydrogens (primary N) is 1. The Morgan fingerprint density at radius 3 is 2.35 bits per heavy atom. The Labute approximate surface area is 106 Å². The smallest absolute Gasteiger partial charge is 0.0300 e. The SMILES string of the molecule is CCc1ccc(CC)c(C(N)CC(C)CC)c1. The van der Waals surface area contributed by atoms with Crippen LogP contribution in [0.1, 0.15) is 63.3 Å². The van der Waals surface area contributed by atoms with Gasteiger partial charge in [0.15, 0.2) is 0 Å². The molecule has 17 heavy (non-hydrogen) atoms. The number of benzene rings is 1. The van der Waals surface area contributed by atoms with Gasteiger partial charge in [-0.15, -0.1) is 0 Å². The lowest BCUT2D eigenvalue weighted by atomic mass is 9.90. The van der Waals surface area contributed by atoms with E-state index in [1.165, 1.54) is 23.1 Å². The van der Waals surface area contributed by atoms with Crippen molar-refractivity contribution in [3.8, 4) is 0 Å². The van der Waals surface area contributed by atoms with Gasteiger partial charge in [-0.05, 0) is 41.9 Å². The maximum Gasteiger partial charge on any atom is 0.0300 e. The molecule has 2 unspecified atom stereocenters. The van der Waals surface area contributed by atoms with E-state index >= 15 is 0 Å². The fourth-order valence-electron chi connectivity index (χ4n) is 2.26. The minimum absolute atomic E-state index is 0.200. The predicted molar refractivity (Wildman–Crippen MR) is 76.2 cm³/mol. The van der Waals surface area contributed by atoms with Crippen LogP contribution < -0.4 is 5.73 Å². The van der Waals surface area contributed by atoms with Gasteiger partial charge in [0.05, 0.1) is 0 Å². The molecule has 0 aliphatic carbocycles. The lowest BCUT2D eigenvalue weighted by molar-refractivity contribution is 0.459. The van der Waals surface area contributed by atoms with Gasteiger partial charge in [-0.2, -0.15) is 0 Å². The molecular formula is C16H27N. The first-order valence-electron chi connectivity index (χ1n) is 6.99. The third kappa shape index (κ3) is 3.85. The van der Waals surface area contributed by atoms with E-state index in [-0.39, 0.29) is 6.04 Å². The van der Waals surface area contributed by atoms with Gasteiger partial charge in [-0.25, -0.2) is 0 Å². The third-order valence-corrected chi connectivity index (χ3v) is 3.75. The van der Waals surface area contributed by atoms with E-state index in [0.29, 0.717) is 5.92 Å². The maximum absolute atomic E-state index is 6.37. The second-order valence-corrected chi connectivity index (χ2v) is 5.10. The summed E-state index contributed by atoms with van der Waals surface area (Å²) in [6.07, 6.45) is 4.47. The molecule has 0 spiro atoms. The quantitative estimate of drug-likeness (QED) is 0.781. The first-order chi connectivity index (χ1) is 8.12. The minimum Gasteiger partial charge on any atom is -0.324 e. The normalized spacial score (nSPS) is 14.6. The Balaban J connectivity index is 2.92. The summed E-state index contributed by atoms with van der Waals surface area (Å²) in [5, 5.41) is 0. The van der Waals surface area contributed by atoms with E-state index in [2.05, 4.69) is 45.9 Å². The van der Waals surface area contributed by atoms with Crippen LogP contribution in [0, 0.1) is 5.92 Å². The van der Waals surface area contributed by atoms with Crippen LogP contribution in [0.5, 0.6) is 0 Å². The summed E-state index contributed by atoms with van der Waals surface area (Å²) in [6, 6.07) is 7.00. The van der Waals surface area contributed by atoms with E-state index in [1.807, 2.05) is 0 Å². The Bertz CT molecular complexity index is 343. The van der Waals surface area contributed by atoms with Crippen LogP contribution in [0.4, 0.5) is 0 Å². The van der Waals surface area contributed by atoms with Crippen molar-refractivity contribution in [1.82, 2.24) is 0 Å². The van der Waals surface area contributed by atoms with Gasteiger partial charge in [0, 0.05) is 6.04 Å².